The standard InChI is InChI=1S/C21H23N5O2/c1-15-14-25(17-3-5-18(27)6-4-17)11-12-26(15)21-23-19(13-20(28)24(21)2)16-7-9-22-10-8-16/h3-10,13,15,27H,11-12,14H2,1-2H3/t15-/m1/s1. The number of hydrogen-bond donors (Lipinski definition) is 1. The largest absolute Gasteiger partial charge is 0.508 e. The number of nitrogens with zero attached hydrogens (tertiary/aromatic N) is 5. The minimum absolute atomic E-state index is 0.0787. The first-order valence-corrected chi connectivity index (χ1v) is 9.32. The molecule has 0 bridgehead atoms. The summed E-state index contributed by atoms with van der Waals surface area (Å²) < 4.78 is 1.61. The van der Waals surface area contributed by atoms with E-state index in [0.717, 1.165) is 30.9 Å². The SMILES string of the molecule is C[C@@H]1CN(c2ccc(O)cc2)CCN1c1nc(-c2ccncc2)cc(=O)n1C. The van der Waals surface area contributed by atoms with Crippen LogP contribution in [-0.4, -0.2) is 45.3 Å². The zero-order chi connectivity index (χ0) is 19.7. The van der Waals surface area contributed by atoms with E-state index in [-0.39, 0.29) is 17.4 Å². The van der Waals surface area contributed by atoms with Gasteiger partial charge >= 0.3 is 0 Å². The normalized spacial score (nSPS) is 17.0. The number of rotatable bonds is 3. The molecule has 0 spiro atoms. The third kappa shape index (κ3) is 3.43. The van der Waals surface area contributed by atoms with E-state index in [1.54, 1.807) is 42.2 Å². The second kappa shape index (κ2) is 7.34. The van der Waals surface area contributed by atoms with Gasteiger partial charge in [0.25, 0.3) is 5.56 Å². The summed E-state index contributed by atoms with van der Waals surface area (Å²) in [5, 5.41) is 9.50. The van der Waals surface area contributed by atoms with E-state index in [9.17, 15) is 9.90 Å². The molecule has 144 valence electrons. The molecular weight excluding hydrogens is 354 g/mol. The van der Waals surface area contributed by atoms with Gasteiger partial charge in [0.15, 0.2) is 0 Å². The first kappa shape index (κ1) is 18.0. The molecule has 0 amide bonds. The van der Waals surface area contributed by atoms with E-state index in [2.05, 4.69) is 21.7 Å². The summed E-state index contributed by atoms with van der Waals surface area (Å²) in [6, 6.07) is 12.7. The van der Waals surface area contributed by atoms with E-state index in [1.165, 1.54) is 0 Å². The number of phenolic OH excluding ortho intramolecular Hbond substituents is 1. The van der Waals surface area contributed by atoms with Gasteiger partial charge in [0.05, 0.1) is 5.69 Å². The third-order valence-corrected chi connectivity index (χ3v) is 5.19. The maximum Gasteiger partial charge on any atom is 0.255 e. The molecule has 7 heteroatoms. The molecule has 1 aliphatic rings. The maximum absolute atomic E-state index is 12.5. The molecule has 0 radical (unpaired) electrons. The lowest BCUT2D eigenvalue weighted by molar-refractivity contribution is 0.475. The Bertz CT molecular complexity index is 1020. The van der Waals surface area contributed by atoms with E-state index in [0.29, 0.717) is 11.6 Å². The van der Waals surface area contributed by atoms with Gasteiger partial charge in [-0.25, -0.2) is 4.98 Å². The first-order valence-electron chi connectivity index (χ1n) is 9.32. The van der Waals surface area contributed by atoms with Gasteiger partial charge in [-0.1, -0.05) is 0 Å². The first-order chi connectivity index (χ1) is 13.5. The van der Waals surface area contributed by atoms with Crippen LogP contribution in [0.25, 0.3) is 11.3 Å². The molecule has 1 atom stereocenters. The fraction of sp³-hybridized carbons (Fsp3) is 0.286. The molecule has 1 aliphatic heterocycles. The van der Waals surface area contributed by atoms with Crippen molar-refractivity contribution in [2.75, 3.05) is 29.4 Å². The van der Waals surface area contributed by atoms with E-state index >= 15 is 0 Å². The monoisotopic (exact) mass is 377 g/mol. The minimum atomic E-state index is -0.0787. The number of aromatic hydroxyl groups is 1. The fourth-order valence-corrected chi connectivity index (χ4v) is 3.61. The molecule has 4 rings (SSSR count). The van der Waals surface area contributed by atoms with E-state index < -0.39 is 0 Å². The van der Waals surface area contributed by atoms with Gasteiger partial charge in [0, 0.05) is 62.4 Å². The summed E-state index contributed by atoms with van der Waals surface area (Å²) in [4.78, 5) is 25.8. The summed E-state index contributed by atoms with van der Waals surface area (Å²) in [7, 11) is 1.76. The number of phenols is 1. The minimum Gasteiger partial charge on any atom is -0.508 e. The zero-order valence-corrected chi connectivity index (χ0v) is 16.0. The third-order valence-electron chi connectivity index (χ3n) is 5.19. The highest BCUT2D eigenvalue weighted by Crippen LogP contribution is 2.25. The number of piperazine rings is 1. The Hall–Kier alpha value is -3.35. The molecule has 0 saturated carbocycles. The van der Waals surface area contributed by atoms with Gasteiger partial charge in [-0.3, -0.25) is 14.3 Å². The van der Waals surface area contributed by atoms with Crippen LogP contribution < -0.4 is 15.4 Å². The number of aromatic nitrogens is 3. The summed E-state index contributed by atoms with van der Waals surface area (Å²) in [5.41, 5.74) is 2.54. The average Bonchev–Trinajstić information content (AvgIpc) is 2.71. The predicted molar refractivity (Wildman–Crippen MR) is 110 cm³/mol. The lowest BCUT2D eigenvalue weighted by atomic mass is 10.1. The van der Waals surface area contributed by atoms with E-state index in [1.807, 2.05) is 24.3 Å². The highest BCUT2D eigenvalue weighted by Gasteiger charge is 2.27. The number of pyridine rings is 1. The average molecular weight is 377 g/mol. The molecular formula is C21H23N5O2. The molecule has 0 unspecified atom stereocenters. The van der Waals surface area contributed by atoms with Gasteiger partial charge < -0.3 is 14.9 Å². The smallest absolute Gasteiger partial charge is 0.255 e. The molecule has 1 saturated heterocycles. The molecule has 1 aromatic carbocycles. The van der Waals surface area contributed by atoms with Crippen molar-refractivity contribution in [1.82, 2.24) is 14.5 Å². The van der Waals surface area contributed by atoms with Crippen LogP contribution in [0.5, 0.6) is 5.75 Å². The number of anilines is 2. The van der Waals surface area contributed by atoms with Crippen molar-refractivity contribution in [1.29, 1.82) is 0 Å². The van der Waals surface area contributed by atoms with Crippen LogP contribution in [-0.2, 0) is 7.05 Å². The van der Waals surface area contributed by atoms with Crippen molar-refractivity contribution in [2.24, 2.45) is 7.05 Å². The Balaban J connectivity index is 1.62. The quantitative estimate of drug-likeness (QED) is 0.755. The topological polar surface area (TPSA) is 74.5 Å². The number of hydrogen-bond acceptors (Lipinski definition) is 6. The lowest BCUT2D eigenvalue weighted by Crippen LogP contribution is -2.53. The Morgan fingerprint density at radius 2 is 1.79 bits per heavy atom. The second-order valence-electron chi connectivity index (χ2n) is 7.08. The molecule has 7 nitrogen and oxygen atoms in total. The summed E-state index contributed by atoms with van der Waals surface area (Å²) >= 11 is 0. The van der Waals surface area contributed by atoms with Gasteiger partial charge in [0.2, 0.25) is 5.95 Å². The van der Waals surface area contributed by atoms with Crippen molar-refractivity contribution >= 4 is 11.6 Å². The van der Waals surface area contributed by atoms with Crippen LogP contribution in [0, 0.1) is 0 Å². The lowest BCUT2D eigenvalue weighted by Gasteiger charge is -2.42. The Morgan fingerprint density at radius 1 is 1.07 bits per heavy atom. The van der Waals surface area contributed by atoms with Crippen molar-refractivity contribution in [3.8, 4) is 17.0 Å². The van der Waals surface area contributed by atoms with Crippen LogP contribution in [0.4, 0.5) is 11.6 Å². The Labute approximate surface area is 163 Å². The summed E-state index contributed by atoms with van der Waals surface area (Å²) in [6.07, 6.45) is 3.40. The highest BCUT2D eigenvalue weighted by atomic mass is 16.3. The molecule has 3 heterocycles. The number of benzene rings is 1. The van der Waals surface area contributed by atoms with Gasteiger partial charge in [-0.05, 0) is 43.3 Å². The van der Waals surface area contributed by atoms with Gasteiger partial charge in [-0.2, -0.15) is 0 Å². The molecule has 1 fully saturated rings. The zero-order valence-electron chi connectivity index (χ0n) is 16.0. The van der Waals surface area contributed by atoms with Crippen molar-refractivity contribution < 1.29 is 5.11 Å². The molecule has 3 aromatic rings. The highest BCUT2D eigenvalue weighted by molar-refractivity contribution is 5.60. The van der Waals surface area contributed by atoms with Gasteiger partial charge in [-0.15, -0.1) is 0 Å². The van der Waals surface area contributed by atoms with E-state index in [4.69, 9.17) is 4.98 Å². The maximum atomic E-state index is 12.5. The Morgan fingerprint density at radius 3 is 2.46 bits per heavy atom. The van der Waals surface area contributed by atoms with Crippen LogP contribution in [0.3, 0.4) is 0 Å². The fourth-order valence-electron chi connectivity index (χ4n) is 3.61. The summed E-state index contributed by atoms with van der Waals surface area (Å²) in [5.74, 6) is 0.944. The van der Waals surface area contributed by atoms with Gasteiger partial charge in [0.1, 0.15) is 5.75 Å². The predicted octanol–water partition coefficient (Wildman–Crippen LogP) is 2.26. The van der Waals surface area contributed by atoms with Crippen molar-refractivity contribution in [3.05, 3.63) is 65.2 Å². The van der Waals surface area contributed by atoms with Crippen LogP contribution >= 0.6 is 0 Å². The molecule has 1 N–H and O–H groups in total. The summed E-state index contributed by atoms with van der Waals surface area (Å²) in [6.45, 7) is 4.50. The molecule has 28 heavy (non-hydrogen) atoms. The molecule has 2 aromatic heterocycles. The van der Waals surface area contributed by atoms with Crippen LogP contribution in [0.15, 0.2) is 59.7 Å². The van der Waals surface area contributed by atoms with Crippen LogP contribution in [0.1, 0.15) is 6.92 Å². The second-order valence-corrected chi connectivity index (χ2v) is 7.08. The Kier molecular flexibility index (Phi) is 4.73. The molecule has 0 aliphatic carbocycles. The van der Waals surface area contributed by atoms with Crippen molar-refractivity contribution in [3.63, 3.8) is 0 Å². The van der Waals surface area contributed by atoms with Crippen LogP contribution in [0.2, 0.25) is 0 Å². The van der Waals surface area contributed by atoms with Crippen molar-refractivity contribution in [2.45, 2.75) is 13.0 Å².